The summed E-state index contributed by atoms with van der Waals surface area (Å²) in [5.41, 5.74) is 1.53. The number of Topliss-reactive ketones (excluding diaryl/α,β-unsaturated/α-hetero) is 1. The molecule has 0 unspecified atom stereocenters. The van der Waals surface area contributed by atoms with E-state index in [2.05, 4.69) is 0 Å². The van der Waals surface area contributed by atoms with Crippen LogP contribution in [0, 0.1) is 0 Å². The van der Waals surface area contributed by atoms with Gasteiger partial charge in [-0.15, -0.1) is 0 Å². The van der Waals surface area contributed by atoms with Crippen molar-refractivity contribution >= 4 is 17.4 Å². The second kappa shape index (κ2) is 5.29. The zero-order valence-corrected chi connectivity index (χ0v) is 9.97. The summed E-state index contributed by atoms with van der Waals surface area (Å²) in [6.45, 7) is 5.90. The molecule has 0 heterocycles. The van der Waals surface area contributed by atoms with Crippen molar-refractivity contribution in [2.75, 3.05) is 0 Å². The van der Waals surface area contributed by atoms with E-state index in [1.807, 2.05) is 19.9 Å². The summed E-state index contributed by atoms with van der Waals surface area (Å²) in [4.78, 5) is 11.3. The Bertz CT molecular complexity index is 359. The lowest BCUT2D eigenvalue weighted by molar-refractivity contribution is 0.0648. The molecule has 0 aromatic heterocycles. The number of carbonyl (C=O) groups excluding carboxylic acids is 1. The van der Waals surface area contributed by atoms with E-state index >= 15 is 0 Å². The van der Waals surface area contributed by atoms with Gasteiger partial charge in [-0.05, 0) is 38.5 Å². The fraction of sp³-hybridized carbons (Fsp3) is 0.417. The molecule has 2 nitrogen and oxygen atoms in total. The molecule has 0 amide bonds. The van der Waals surface area contributed by atoms with Crippen molar-refractivity contribution in [1.29, 1.82) is 0 Å². The Kier molecular flexibility index (Phi) is 4.30. The SMILES string of the molecule is CC(=O)c1cc(Cl)ccc1COC(C)C. The summed E-state index contributed by atoms with van der Waals surface area (Å²) in [6, 6.07) is 5.29. The van der Waals surface area contributed by atoms with E-state index in [9.17, 15) is 4.79 Å². The standard InChI is InChI=1S/C12H15ClO2/c1-8(2)15-7-10-4-5-11(13)6-12(10)9(3)14/h4-6,8H,7H2,1-3H3. The van der Waals surface area contributed by atoms with Crippen molar-refractivity contribution < 1.29 is 9.53 Å². The molecule has 0 saturated heterocycles. The molecule has 0 bridgehead atoms. The fourth-order valence-electron chi connectivity index (χ4n) is 1.26. The Morgan fingerprint density at radius 1 is 1.47 bits per heavy atom. The van der Waals surface area contributed by atoms with Crippen LogP contribution in [-0.2, 0) is 11.3 Å². The third kappa shape index (κ3) is 3.65. The van der Waals surface area contributed by atoms with E-state index in [1.54, 1.807) is 12.1 Å². The molecule has 0 radical (unpaired) electrons. The predicted molar refractivity (Wildman–Crippen MR) is 61.4 cm³/mol. The number of carbonyl (C=O) groups is 1. The fourth-order valence-corrected chi connectivity index (χ4v) is 1.43. The van der Waals surface area contributed by atoms with Crippen LogP contribution in [0.4, 0.5) is 0 Å². The summed E-state index contributed by atoms with van der Waals surface area (Å²) in [5, 5.41) is 0.577. The van der Waals surface area contributed by atoms with Crippen molar-refractivity contribution in [3.8, 4) is 0 Å². The van der Waals surface area contributed by atoms with Gasteiger partial charge in [-0.25, -0.2) is 0 Å². The second-order valence-electron chi connectivity index (χ2n) is 3.72. The van der Waals surface area contributed by atoms with Crippen LogP contribution in [-0.4, -0.2) is 11.9 Å². The third-order valence-corrected chi connectivity index (χ3v) is 2.26. The van der Waals surface area contributed by atoms with Gasteiger partial charge in [0.15, 0.2) is 5.78 Å². The molecule has 1 aromatic rings. The first kappa shape index (κ1) is 12.2. The monoisotopic (exact) mass is 226 g/mol. The normalized spacial score (nSPS) is 10.7. The first-order chi connectivity index (χ1) is 7.00. The maximum Gasteiger partial charge on any atom is 0.160 e. The molecule has 0 aliphatic rings. The van der Waals surface area contributed by atoms with Gasteiger partial charge >= 0.3 is 0 Å². The molecular weight excluding hydrogens is 212 g/mol. The molecule has 1 rings (SSSR count). The van der Waals surface area contributed by atoms with Crippen molar-refractivity contribution in [3.05, 3.63) is 34.3 Å². The van der Waals surface area contributed by atoms with Gasteiger partial charge in [-0.2, -0.15) is 0 Å². The minimum absolute atomic E-state index is 0.0138. The van der Waals surface area contributed by atoms with Crippen molar-refractivity contribution in [1.82, 2.24) is 0 Å². The largest absolute Gasteiger partial charge is 0.374 e. The molecule has 0 aliphatic heterocycles. The van der Waals surface area contributed by atoms with Crippen LogP contribution < -0.4 is 0 Å². The quantitative estimate of drug-likeness (QED) is 0.735. The molecule has 0 atom stereocenters. The zero-order chi connectivity index (χ0) is 11.4. The van der Waals surface area contributed by atoms with Gasteiger partial charge in [0, 0.05) is 10.6 Å². The highest BCUT2D eigenvalue weighted by molar-refractivity contribution is 6.31. The van der Waals surface area contributed by atoms with Crippen LogP contribution >= 0.6 is 11.6 Å². The Morgan fingerprint density at radius 2 is 2.13 bits per heavy atom. The number of ketones is 1. The molecule has 82 valence electrons. The van der Waals surface area contributed by atoms with Gasteiger partial charge in [0.2, 0.25) is 0 Å². The summed E-state index contributed by atoms with van der Waals surface area (Å²) in [7, 11) is 0. The molecule has 0 aliphatic carbocycles. The van der Waals surface area contributed by atoms with Crippen molar-refractivity contribution in [2.24, 2.45) is 0 Å². The average Bonchev–Trinajstić information content (AvgIpc) is 2.15. The highest BCUT2D eigenvalue weighted by atomic mass is 35.5. The van der Waals surface area contributed by atoms with Crippen LogP contribution in [0.15, 0.2) is 18.2 Å². The van der Waals surface area contributed by atoms with Crippen molar-refractivity contribution in [3.63, 3.8) is 0 Å². The van der Waals surface area contributed by atoms with E-state index in [0.29, 0.717) is 17.2 Å². The number of benzene rings is 1. The Labute approximate surface area is 95.2 Å². The number of hydrogen-bond acceptors (Lipinski definition) is 2. The van der Waals surface area contributed by atoms with Crippen LogP contribution in [0.1, 0.15) is 36.7 Å². The molecule has 0 spiro atoms. The lowest BCUT2D eigenvalue weighted by Gasteiger charge is -2.10. The molecule has 0 fully saturated rings. The van der Waals surface area contributed by atoms with Gasteiger partial charge in [0.05, 0.1) is 12.7 Å². The van der Waals surface area contributed by atoms with E-state index in [-0.39, 0.29) is 11.9 Å². The Hall–Kier alpha value is -0.860. The van der Waals surface area contributed by atoms with Crippen LogP contribution in [0.2, 0.25) is 5.02 Å². The smallest absolute Gasteiger partial charge is 0.160 e. The minimum atomic E-state index is 0.0138. The topological polar surface area (TPSA) is 26.3 Å². The molecule has 15 heavy (non-hydrogen) atoms. The lowest BCUT2D eigenvalue weighted by Crippen LogP contribution is -2.06. The van der Waals surface area contributed by atoms with E-state index < -0.39 is 0 Å². The second-order valence-corrected chi connectivity index (χ2v) is 4.15. The summed E-state index contributed by atoms with van der Waals surface area (Å²) in [6.07, 6.45) is 0.153. The van der Waals surface area contributed by atoms with Gasteiger partial charge in [-0.1, -0.05) is 17.7 Å². The lowest BCUT2D eigenvalue weighted by atomic mass is 10.1. The van der Waals surface area contributed by atoms with E-state index in [0.717, 1.165) is 5.56 Å². The molecule has 3 heteroatoms. The zero-order valence-electron chi connectivity index (χ0n) is 9.21. The van der Waals surface area contributed by atoms with Gasteiger partial charge in [0.1, 0.15) is 0 Å². The van der Waals surface area contributed by atoms with Gasteiger partial charge < -0.3 is 4.74 Å². The molecule has 0 saturated carbocycles. The molecule has 0 N–H and O–H groups in total. The van der Waals surface area contributed by atoms with E-state index in [1.165, 1.54) is 6.92 Å². The maximum atomic E-state index is 11.3. The third-order valence-electron chi connectivity index (χ3n) is 2.02. The summed E-state index contributed by atoms with van der Waals surface area (Å²) >= 11 is 5.83. The Balaban J connectivity index is 2.91. The number of hydrogen-bond donors (Lipinski definition) is 0. The minimum Gasteiger partial charge on any atom is -0.374 e. The van der Waals surface area contributed by atoms with Gasteiger partial charge in [-0.3, -0.25) is 4.79 Å². The van der Waals surface area contributed by atoms with E-state index in [4.69, 9.17) is 16.3 Å². The number of rotatable bonds is 4. The van der Waals surface area contributed by atoms with Crippen LogP contribution in [0.3, 0.4) is 0 Å². The number of halogens is 1. The first-order valence-electron chi connectivity index (χ1n) is 4.91. The summed E-state index contributed by atoms with van der Waals surface area (Å²) < 4.78 is 5.46. The maximum absolute atomic E-state index is 11.3. The molecule has 1 aromatic carbocycles. The summed E-state index contributed by atoms with van der Waals surface area (Å²) in [5.74, 6) is 0.0138. The highest BCUT2D eigenvalue weighted by Gasteiger charge is 2.08. The van der Waals surface area contributed by atoms with Crippen molar-refractivity contribution in [2.45, 2.75) is 33.5 Å². The highest BCUT2D eigenvalue weighted by Crippen LogP contribution is 2.18. The number of ether oxygens (including phenoxy) is 1. The van der Waals surface area contributed by atoms with Gasteiger partial charge in [0.25, 0.3) is 0 Å². The molecular formula is C12H15ClO2. The average molecular weight is 227 g/mol. The van der Waals surface area contributed by atoms with Crippen LogP contribution in [0.5, 0.6) is 0 Å². The van der Waals surface area contributed by atoms with Crippen LogP contribution in [0.25, 0.3) is 0 Å². The predicted octanol–water partition coefficient (Wildman–Crippen LogP) is 3.47. The Morgan fingerprint density at radius 3 is 2.67 bits per heavy atom. The first-order valence-corrected chi connectivity index (χ1v) is 5.29.